The summed E-state index contributed by atoms with van der Waals surface area (Å²) in [6.45, 7) is 6.82. The third kappa shape index (κ3) is 2.93. The highest BCUT2D eigenvalue weighted by Crippen LogP contribution is 2.32. The zero-order valence-corrected chi connectivity index (χ0v) is 11.3. The van der Waals surface area contributed by atoms with E-state index < -0.39 is 0 Å². The molecule has 0 fully saturated rings. The van der Waals surface area contributed by atoms with E-state index in [1.807, 2.05) is 0 Å². The van der Waals surface area contributed by atoms with E-state index in [9.17, 15) is 0 Å². The summed E-state index contributed by atoms with van der Waals surface area (Å²) < 4.78 is 0. The van der Waals surface area contributed by atoms with Gasteiger partial charge >= 0.3 is 0 Å². The lowest BCUT2D eigenvalue weighted by atomic mass is 10.0. The van der Waals surface area contributed by atoms with E-state index in [1.165, 1.54) is 36.2 Å². The molecule has 0 amide bonds. The van der Waals surface area contributed by atoms with Gasteiger partial charge in [0.2, 0.25) is 0 Å². The maximum Gasteiger partial charge on any atom is 0.0610 e. The van der Waals surface area contributed by atoms with Gasteiger partial charge in [-0.3, -0.25) is 0 Å². The van der Waals surface area contributed by atoms with Crippen molar-refractivity contribution < 1.29 is 0 Å². The lowest BCUT2D eigenvalue weighted by Gasteiger charge is -2.27. The molecule has 94 valence electrons. The minimum atomic E-state index is 0.768. The summed E-state index contributed by atoms with van der Waals surface area (Å²) in [7, 11) is 2.20. The Kier molecular flexibility index (Phi) is 3.93. The van der Waals surface area contributed by atoms with Gasteiger partial charge in [-0.25, -0.2) is 0 Å². The number of benzene rings is 1. The molecule has 0 saturated heterocycles. The van der Waals surface area contributed by atoms with Crippen LogP contribution in [0, 0.1) is 5.92 Å². The molecule has 17 heavy (non-hydrogen) atoms. The second-order valence-electron chi connectivity index (χ2n) is 5.45. The maximum absolute atomic E-state index is 3.56. The van der Waals surface area contributed by atoms with Crippen LogP contribution in [-0.4, -0.2) is 20.1 Å². The van der Waals surface area contributed by atoms with Crippen LogP contribution >= 0.6 is 0 Å². The third-order valence-electron chi connectivity index (χ3n) is 3.51. The molecule has 1 aliphatic rings. The molecule has 1 aliphatic heterocycles. The average Bonchev–Trinajstić information content (AvgIpc) is 2.35. The first-order valence-electron chi connectivity index (χ1n) is 6.75. The second kappa shape index (κ2) is 5.44. The van der Waals surface area contributed by atoms with Crippen molar-refractivity contribution in [1.29, 1.82) is 0 Å². The summed E-state index contributed by atoms with van der Waals surface area (Å²) >= 11 is 0. The van der Waals surface area contributed by atoms with Gasteiger partial charge in [0.25, 0.3) is 0 Å². The Morgan fingerprint density at radius 2 is 2.18 bits per heavy atom. The van der Waals surface area contributed by atoms with Crippen LogP contribution in [-0.2, 0) is 6.42 Å². The minimum absolute atomic E-state index is 0.768. The van der Waals surface area contributed by atoms with Gasteiger partial charge in [-0.2, -0.15) is 0 Å². The number of nitrogens with one attached hydrogen (secondary N) is 1. The van der Waals surface area contributed by atoms with Crippen molar-refractivity contribution >= 4 is 11.4 Å². The molecule has 2 heteroatoms. The van der Waals surface area contributed by atoms with Gasteiger partial charge in [-0.1, -0.05) is 26.0 Å². The summed E-state index contributed by atoms with van der Waals surface area (Å²) in [5, 5.41) is 3.56. The van der Waals surface area contributed by atoms with Gasteiger partial charge < -0.3 is 10.2 Å². The predicted molar refractivity (Wildman–Crippen MR) is 76.0 cm³/mol. The van der Waals surface area contributed by atoms with E-state index in [4.69, 9.17) is 0 Å². The molecule has 2 rings (SSSR count). The van der Waals surface area contributed by atoms with Crippen molar-refractivity contribution in [3.05, 3.63) is 23.8 Å². The van der Waals surface area contributed by atoms with Crippen molar-refractivity contribution in [3.63, 3.8) is 0 Å². The van der Waals surface area contributed by atoms with E-state index in [0.717, 1.165) is 19.0 Å². The van der Waals surface area contributed by atoms with Crippen LogP contribution in [0.2, 0.25) is 0 Å². The van der Waals surface area contributed by atoms with Crippen molar-refractivity contribution in [3.8, 4) is 0 Å². The summed E-state index contributed by atoms with van der Waals surface area (Å²) in [5.41, 5.74) is 4.21. The molecule has 0 aliphatic carbocycles. The van der Waals surface area contributed by atoms with Gasteiger partial charge in [0, 0.05) is 20.1 Å². The summed E-state index contributed by atoms with van der Waals surface area (Å²) in [6.07, 6.45) is 3.72. The average molecular weight is 232 g/mol. The zero-order chi connectivity index (χ0) is 12.3. The monoisotopic (exact) mass is 232 g/mol. The lowest BCUT2D eigenvalue weighted by Crippen LogP contribution is -2.23. The quantitative estimate of drug-likeness (QED) is 0.854. The Hall–Kier alpha value is -1.18. The van der Waals surface area contributed by atoms with Crippen LogP contribution in [0.15, 0.2) is 18.2 Å². The van der Waals surface area contributed by atoms with E-state index in [2.05, 4.69) is 49.3 Å². The summed E-state index contributed by atoms with van der Waals surface area (Å²) in [5.74, 6) is 0.768. The van der Waals surface area contributed by atoms with E-state index >= 15 is 0 Å². The molecule has 0 bridgehead atoms. The van der Waals surface area contributed by atoms with Crippen LogP contribution in [0.5, 0.6) is 0 Å². The van der Waals surface area contributed by atoms with Crippen molar-refractivity contribution in [2.45, 2.75) is 33.1 Å². The number of rotatable bonds is 4. The fourth-order valence-corrected chi connectivity index (χ4v) is 2.38. The largest absolute Gasteiger partial charge is 0.383 e. The fraction of sp³-hybridized carbons (Fsp3) is 0.600. The fourth-order valence-electron chi connectivity index (χ4n) is 2.38. The minimum Gasteiger partial charge on any atom is -0.383 e. The highest BCUT2D eigenvalue weighted by Gasteiger charge is 2.14. The van der Waals surface area contributed by atoms with Crippen molar-refractivity contribution in [2.24, 2.45) is 5.92 Å². The van der Waals surface area contributed by atoms with Crippen LogP contribution in [0.4, 0.5) is 11.4 Å². The van der Waals surface area contributed by atoms with Crippen LogP contribution in [0.1, 0.15) is 32.3 Å². The molecular weight excluding hydrogens is 208 g/mol. The summed E-state index contributed by atoms with van der Waals surface area (Å²) in [4.78, 5) is 2.39. The first kappa shape index (κ1) is 12.3. The molecular formula is C15H24N2. The highest BCUT2D eigenvalue weighted by molar-refractivity contribution is 5.74. The first-order chi connectivity index (χ1) is 8.18. The van der Waals surface area contributed by atoms with E-state index in [0.29, 0.717) is 0 Å². The van der Waals surface area contributed by atoms with Crippen molar-refractivity contribution in [1.82, 2.24) is 0 Å². The van der Waals surface area contributed by atoms with Crippen LogP contribution in [0.25, 0.3) is 0 Å². The number of hydrogen-bond donors (Lipinski definition) is 1. The van der Waals surface area contributed by atoms with Crippen LogP contribution < -0.4 is 10.2 Å². The normalized spacial score (nSPS) is 14.4. The van der Waals surface area contributed by atoms with Crippen LogP contribution in [0.3, 0.4) is 0 Å². The third-order valence-corrected chi connectivity index (χ3v) is 3.51. The maximum atomic E-state index is 3.56. The highest BCUT2D eigenvalue weighted by atomic mass is 15.1. The molecule has 1 heterocycles. The van der Waals surface area contributed by atoms with Gasteiger partial charge in [0.15, 0.2) is 0 Å². The molecule has 2 nitrogen and oxygen atoms in total. The molecule has 0 saturated carbocycles. The Balaban J connectivity index is 2.14. The topological polar surface area (TPSA) is 15.3 Å². The molecule has 0 radical (unpaired) electrons. The van der Waals surface area contributed by atoms with Gasteiger partial charge in [0.1, 0.15) is 0 Å². The number of para-hydroxylation sites is 1. The Labute approximate surface area is 105 Å². The smallest absolute Gasteiger partial charge is 0.0610 e. The van der Waals surface area contributed by atoms with Gasteiger partial charge in [-0.05, 0) is 36.8 Å². The number of anilines is 2. The van der Waals surface area contributed by atoms with E-state index in [-0.39, 0.29) is 0 Å². The zero-order valence-electron chi connectivity index (χ0n) is 11.3. The predicted octanol–water partition coefficient (Wildman–Crippen LogP) is 3.53. The molecule has 0 unspecified atom stereocenters. The molecule has 1 N–H and O–H groups in total. The Morgan fingerprint density at radius 1 is 1.35 bits per heavy atom. The Morgan fingerprint density at radius 3 is 2.94 bits per heavy atom. The first-order valence-corrected chi connectivity index (χ1v) is 6.75. The molecule has 0 aromatic heterocycles. The summed E-state index contributed by atoms with van der Waals surface area (Å²) in [6, 6.07) is 6.67. The second-order valence-corrected chi connectivity index (χ2v) is 5.45. The van der Waals surface area contributed by atoms with Crippen molar-refractivity contribution in [2.75, 3.05) is 30.4 Å². The standard InChI is InChI=1S/C15H24N2/c1-12(2)9-11-17(3)14-8-4-6-13-7-5-10-16-15(13)14/h4,6,8,12,16H,5,7,9-11H2,1-3H3. The number of aryl methyl sites for hydroxylation is 1. The SMILES string of the molecule is CC(C)CCN(C)c1cccc2c1NCCC2. The van der Waals surface area contributed by atoms with Gasteiger partial charge in [0.05, 0.1) is 11.4 Å². The molecule has 1 aromatic rings. The molecule has 0 atom stereocenters. The number of fused-ring (bicyclic) bond motifs is 1. The number of nitrogens with zero attached hydrogens (tertiary/aromatic N) is 1. The molecule has 1 aromatic carbocycles. The van der Waals surface area contributed by atoms with E-state index in [1.54, 1.807) is 0 Å². The Bertz CT molecular complexity index is 371. The van der Waals surface area contributed by atoms with Gasteiger partial charge in [-0.15, -0.1) is 0 Å². The molecule has 0 spiro atoms. The lowest BCUT2D eigenvalue weighted by molar-refractivity contribution is 0.585. The number of hydrogen-bond acceptors (Lipinski definition) is 2.